The van der Waals surface area contributed by atoms with E-state index < -0.39 is 0 Å². The van der Waals surface area contributed by atoms with Gasteiger partial charge in [0, 0.05) is 28.4 Å². The number of carbonyl (C=O) groups is 2. The van der Waals surface area contributed by atoms with Crippen LogP contribution in [0.15, 0.2) is 42.5 Å². The number of halogens is 2. The van der Waals surface area contributed by atoms with Crippen molar-refractivity contribution in [2.45, 2.75) is 64.3 Å². The molecule has 0 bridgehead atoms. The van der Waals surface area contributed by atoms with E-state index in [9.17, 15) is 9.59 Å². The number of fused-ring (bicyclic) bond motifs is 1. The summed E-state index contributed by atoms with van der Waals surface area (Å²) in [4.78, 5) is 24.7. The summed E-state index contributed by atoms with van der Waals surface area (Å²) in [5.41, 5.74) is 1.87. The minimum atomic E-state index is -0.365. The lowest BCUT2D eigenvalue weighted by atomic mass is 9.54. The van der Waals surface area contributed by atoms with Gasteiger partial charge in [0.2, 0.25) is 5.91 Å². The van der Waals surface area contributed by atoms with E-state index in [0.29, 0.717) is 22.2 Å². The molecule has 5 atom stereocenters. The average molecular weight is 488 g/mol. The molecule has 1 saturated heterocycles. The van der Waals surface area contributed by atoms with Gasteiger partial charge in [-0.25, -0.2) is 0 Å². The number of carbonyl (C=O) groups excluding carboxylic acids is 2. The Kier molecular flexibility index (Phi) is 7.07. The van der Waals surface area contributed by atoms with Gasteiger partial charge in [-0.05, 0) is 73.4 Å². The lowest BCUT2D eigenvalue weighted by molar-refractivity contribution is -0.131. The molecule has 1 amide bonds. The number of amides is 1. The van der Waals surface area contributed by atoms with Gasteiger partial charge in [0.1, 0.15) is 12.4 Å². The zero-order valence-electron chi connectivity index (χ0n) is 19.4. The van der Waals surface area contributed by atoms with Gasteiger partial charge in [0.05, 0.1) is 5.41 Å². The fourth-order valence-corrected chi connectivity index (χ4v) is 6.50. The third-order valence-electron chi connectivity index (χ3n) is 7.76. The van der Waals surface area contributed by atoms with Crippen LogP contribution in [0.2, 0.25) is 10.0 Å². The van der Waals surface area contributed by atoms with Gasteiger partial charge in [-0.3, -0.25) is 9.59 Å². The molecule has 2 aromatic carbocycles. The van der Waals surface area contributed by atoms with Crippen molar-refractivity contribution in [2.75, 3.05) is 6.61 Å². The summed E-state index contributed by atoms with van der Waals surface area (Å²) in [6, 6.07) is 13.8. The summed E-state index contributed by atoms with van der Waals surface area (Å²) in [5, 5.41) is 4.57. The summed E-state index contributed by atoms with van der Waals surface area (Å²) in [6.45, 7) is 6.12. The van der Waals surface area contributed by atoms with Crippen molar-refractivity contribution >= 4 is 34.9 Å². The first-order valence-corrected chi connectivity index (χ1v) is 12.6. The van der Waals surface area contributed by atoms with E-state index in [1.165, 1.54) is 5.56 Å². The number of rotatable bonds is 7. The number of benzene rings is 2. The van der Waals surface area contributed by atoms with E-state index in [1.54, 1.807) is 0 Å². The maximum Gasteiger partial charge on any atom is 0.226 e. The normalized spacial score (nSPS) is 28.8. The average Bonchev–Trinajstić information content (AvgIpc) is 3.07. The molecule has 6 heteroatoms. The van der Waals surface area contributed by atoms with Crippen LogP contribution in [0, 0.1) is 11.3 Å². The van der Waals surface area contributed by atoms with Gasteiger partial charge in [-0.15, -0.1) is 0 Å². The minimum Gasteiger partial charge on any atom is -0.486 e. The zero-order valence-corrected chi connectivity index (χ0v) is 20.9. The quantitative estimate of drug-likeness (QED) is 0.481. The molecule has 4 rings (SSSR count). The van der Waals surface area contributed by atoms with Crippen molar-refractivity contribution in [3.05, 3.63) is 63.6 Å². The molecule has 1 N–H and O–H groups in total. The predicted molar refractivity (Wildman–Crippen MR) is 132 cm³/mol. The molecular weight excluding hydrogens is 457 g/mol. The molecule has 176 valence electrons. The largest absolute Gasteiger partial charge is 0.486 e. The van der Waals surface area contributed by atoms with E-state index in [1.807, 2.05) is 37.3 Å². The lowest BCUT2D eigenvalue weighted by Gasteiger charge is -2.47. The first kappa shape index (κ1) is 24.1. The smallest absolute Gasteiger partial charge is 0.226 e. The predicted octanol–water partition coefficient (Wildman–Crippen LogP) is 6.54. The third kappa shape index (κ3) is 4.40. The Morgan fingerprint density at radius 3 is 2.52 bits per heavy atom. The van der Waals surface area contributed by atoms with Gasteiger partial charge < -0.3 is 10.1 Å². The number of hydrogen-bond acceptors (Lipinski definition) is 3. The lowest BCUT2D eigenvalue weighted by Crippen LogP contribution is -2.43. The highest BCUT2D eigenvalue weighted by atomic mass is 35.5. The van der Waals surface area contributed by atoms with Crippen molar-refractivity contribution in [2.24, 2.45) is 11.3 Å². The van der Waals surface area contributed by atoms with E-state index in [2.05, 4.69) is 31.3 Å². The third-order valence-corrected chi connectivity index (χ3v) is 8.34. The van der Waals surface area contributed by atoms with Crippen LogP contribution in [-0.4, -0.2) is 24.3 Å². The molecule has 0 radical (unpaired) electrons. The summed E-state index contributed by atoms with van der Waals surface area (Å²) in [5.74, 6) is 1.26. The van der Waals surface area contributed by atoms with Crippen LogP contribution in [0.1, 0.15) is 69.4 Å². The highest BCUT2D eigenvalue weighted by Gasteiger charge is 2.59. The highest BCUT2D eigenvalue weighted by Crippen LogP contribution is 2.60. The van der Waals surface area contributed by atoms with Gasteiger partial charge in [-0.1, -0.05) is 55.2 Å². The van der Waals surface area contributed by atoms with Crippen LogP contribution in [0.25, 0.3) is 0 Å². The van der Waals surface area contributed by atoms with Crippen LogP contribution in [0.3, 0.4) is 0 Å². The van der Waals surface area contributed by atoms with Crippen molar-refractivity contribution in [1.82, 2.24) is 5.32 Å². The fraction of sp³-hybridized carbons (Fsp3) is 0.481. The Morgan fingerprint density at radius 2 is 1.88 bits per heavy atom. The summed E-state index contributed by atoms with van der Waals surface area (Å²) in [7, 11) is 0. The van der Waals surface area contributed by atoms with E-state index in [4.69, 9.17) is 27.9 Å². The molecule has 4 nitrogen and oxygen atoms in total. The molecule has 0 spiro atoms. The van der Waals surface area contributed by atoms with Gasteiger partial charge in [0.25, 0.3) is 0 Å². The maximum absolute atomic E-state index is 13.1. The Balaban J connectivity index is 1.73. The van der Waals surface area contributed by atoms with Gasteiger partial charge in [0.15, 0.2) is 5.78 Å². The number of ketones is 1. The minimum absolute atomic E-state index is 0.0496. The van der Waals surface area contributed by atoms with Gasteiger partial charge in [-0.2, -0.15) is 0 Å². The van der Waals surface area contributed by atoms with Crippen LogP contribution in [-0.2, 0) is 9.59 Å². The van der Waals surface area contributed by atoms with E-state index in [0.717, 1.165) is 24.8 Å². The zero-order chi connectivity index (χ0) is 23.8. The second-order valence-electron chi connectivity index (χ2n) is 9.38. The molecule has 1 heterocycles. The second kappa shape index (κ2) is 9.68. The number of Topliss-reactive ketones (excluding diaryl/α,β-unsaturated/α-hetero) is 1. The molecule has 33 heavy (non-hydrogen) atoms. The summed E-state index contributed by atoms with van der Waals surface area (Å²) >= 11 is 13.0. The first-order chi connectivity index (χ1) is 15.8. The Morgan fingerprint density at radius 1 is 1.15 bits per heavy atom. The number of hydrogen-bond donors (Lipinski definition) is 1. The molecule has 2 fully saturated rings. The van der Waals surface area contributed by atoms with Crippen LogP contribution >= 0.6 is 23.2 Å². The molecule has 1 aliphatic heterocycles. The molecule has 2 aliphatic rings. The van der Waals surface area contributed by atoms with Crippen LogP contribution in [0.5, 0.6) is 5.75 Å². The Bertz CT molecular complexity index is 1040. The molecule has 1 saturated carbocycles. The number of nitrogens with one attached hydrogen (secondary N) is 1. The maximum atomic E-state index is 13.1. The van der Waals surface area contributed by atoms with Crippen LogP contribution < -0.4 is 10.1 Å². The summed E-state index contributed by atoms with van der Waals surface area (Å²) in [6.07, 6.45) is 2.96. The second-order valence-corrected chi connectivity index (χ2v) is 10.2. The molecular formula is C27H31Cl2NO3. The van der Waals surface area contributed by atoms with Crippen LogP contribution in [0.4, 0.5) is 0 Å². The van der Waals surface area contributed by atoms with Gasteiger partial charge >= 0.3 is 0 Å². The Hall–Kier alpha value is -2.04. The Labute approximate surface area is 206 Å². The van der Waals surface area contributed by atoms with Crippen molar-refractivity contribution in [3.8, 4) is 5.75 Å². The topological polar surface area (TPSA) is 55.4 Å². The monoisotopic (exact) mass is 487 g/mol. The SMILES string of the molecule is CCC(=O)COc1ccc([C@@H]2CC[C@@]3(CC)C(=O)N[C@H](C)[C@H]3[C@H]2c2ccc(Cl)cc2)c(Cl)c1. The van der Waals surface area contributed by atoms with Crippen molar-refractivity contribution in [3.63, 3.8) is 0 Å². The highest BCUT2D eigenvalue weighted by molar-refractivity contribution is 6.31. The van der Waals surface area contributed by atoms with Crippen molar-refractivity contribution < 1.29 is 14.3 Å². The fourth-order valence-electron chi connectivity index (χ4n) is 6.06. The van der Waals surface area contributed by atoms with Crippen molar-refractivity contribution in [1.29, 1.82) is 0 Å². The molecule has 0 unspecified atom stereocenters. The first-order valence-electron chi connectivity index (χ1n) is 11.8. The van der Waals surface area contributed by atoms with E-state index in [-0.39, 0.29) is 47.5 Å². The molecule has 2 aromatic rings. The molecule has 1 aliphatic carbocycles. The standard InChI is InChI=1S/C27H31Cl2NO3/c1-4-19(31)15-33-20-10-11-21(23(29)14-20)22-12-13-27(5-2)25(16(3)30-26(27)32)24(22)17-6-8-18(28)9-7-17/h6-11,14,16,22,24-25H,4-5,12-13,15H2,1-3H3,(H,30,32)/t16-,22+,24+,25+,27-/m1/s1. The summed E-state index contributed by atoms with van der Waals surface area (Å²) < 4.78 is 5.64. The number of ether oxygens (including phenoxy) is 1. The van der Waals surface area contributed by atoms with E-state index >= 15 is 0 Å². The molecule has 0 aromatic heterocycles.